The summed E-state index contributed by atoms with van der Waals surface area (Å²) in [6, 6.07) is 11.8. The highest BCUT2D eigenvalue weighted by Crippen LogP contribution is 2.35. The van der Waals surface area contributed by atoms with Crippen molar-refractivity contribution in [2.45, 2.75) is 12.3 Å². The number of nitrogens with one attached hydrogen (secondary N) is 1. The van der Waals surface area contributed by atoms with Crippen molar-refractivity contribution >= 4 is 17.7 Å². The zero-order chi connectivity index (χ0) is 19.9. The Balaban J connectivity index is 1.73. The molecule has 5 nitrogen and oxygen atoms in total. The van der Waals surface area contributed by atoms with Crippen LogP contribution in [0, 0.1) is 0 Å². The first-order valence-electron chi connectivity index (χ1n) is 8.60. The van der Waals surface area contributed by atoms with E-state index >= 15 is 0 Å². The van der Waals surface area contributed by atoms with Crippen LogP contribution in [0.3, 0.4) is 0 Å². The molecule has 2 heterocycles. The molecule has 0 radical (unpaired) electrons. The predicted octanol–water partition coefficient (Wildman–Crippen LogP) is 3.93. The lowest BCUT2D eigenvalue weighted by Crippen LogP contribution is -2.53. The van der Waals surface area contributed by atoms with Gasteiger partial charge in [-0.15, -0.1) is 0 Å². The zero-order valence-corrected chi connectivity index (χ0v) is 14.9. The summed E-state index contributed by atoms with van der Waals surface area (Å²) in [5.41, 5.74) is 1.95. The molecule has 1 amide bonds. The smallest absolute Gasteiger partial charge is 0.406 e. The van der Waals surface area contributed by atoms with E-state index in [1.165, 1.54) is 13.2 Å². The number of nitrogens with zero attached hydrogens (tertiary/aromatic N) is 1. The molecule has 28 heavy (non-hydrogen) atoms. The molecule has 0 spiro atoms. The predicted molar refractivity (Wildman–Crippen MR) is 97.4 cm³/mol. The van der Waals surface area contributed by atoms with Gasteiger partial charge in [0.25, 0.3) is 5.91 Å². The number of ether oxygens (including phenoxy) is 2. The highest BCUT2D eigenvalue weighted by atomic mass is 19.4. The number of methoxy groups -OCH3 is 1. The van der Waals surface area contributed by atoms with Crippen LogP contribution in [0.1, 0.15) is 15.9 Å². The van der Waals surface area contributed by atoms with Gasteiger partial charge in [-0.2, -0.15) is 13.2 Å². The van der Waals surface area contributed by atoms with Crippen LogP contribution in [0.2, 0.25) is 0 Å². The van der Waals surface area contributed by atoms with Crippen LogP contribution in [-0.2, 0) is 0 Å². The SMILES string of the molecule is COc1ccc2c(c1)OCC([C@H]1Nc3ccccc3C(=O)N1CC(F)(F)F)=C2. The summed E-state index contributed by atoms with van der Waals surface area (Å²) in [6.07, 6.45) is -3.73. The number of amides is 1. The highest BCUT2D eigenvalue weighted by Gasteiger charge is 2.41. The molecule has 2 aromatic carbocycles. The molecule has 1 atom stereocenters. The van der Waals surface area contributed by atoms with Gasteiger partial charge in [-0.05, 0) is 30.3 Å². The molecule has 4 rings (SSSR count). The minimum absolute atomic E-state index is 0.0572. The number of fused-ring (bicyclic) bond motifs is 2. The van der Waals surface area contributed by atoms with Crippen molar-refractivity contribution in [1.29, 1.82) is 0 Å². The first kappa shape index (κ1) is 18.2. The largest absolute Gasteiger partial charge is 0.497 e. The van der Waals surface area contributed by atoms with Crippen molar-refractivity contribution in [2.75, 3.05) is 25.6 Å². The molecule has 0 unspecified atom stereocenters. The van der Waals surface area contributed by atoms with Crippen molar-refractivity contribution in [3.8, 4) is 11.5 Å². The molecule has 0 saturated carbocycles. The summed E-state index contributed by atoms with van der Waals surface area (Å²) >= 11 is 0. The highest BCUT2D eigenvalue weighted by molar-refractivity contribution is 6.02. The number of hydrogen-bond donors (Lipinski definition) is 1. The van der Waals surface area contributed by atoms with Crippen LogP contribution in [-0.4, -0.2) is 43.4 Å². The molecule has 0 aliphatic carbocycles. The van der Waals surface area contributed by atoms with Crippen molar-refractivity contribution in [1.82, 2.24) is 4.90 Å². The Bertz CT molecular complexity index is 956. The lowest BCUT2D eigenvalue weighted by molar-refractivity contribution is -0.143. The lowest BCUT2D eigenvalue weighted by atomic mass is 10.00. The summed E-state index contributed by atoms with van der Waals surface area (Å²) in [6.45, 7) is -1.30. The zero-order valence-electron chi connectivity index (χ0n) is 14.9. The molecule has 8 heteroatoms. The second-order valence-corrected chi connectivity index (χ2v) is 6.55. The van der Waals surface area contributed by atoms with Crippen molar-refractivity contribution in [3.05, 3.63) is 59.2 Å². The molecule has 146 valence electrons. The normalized spacial score (nSPS) is 18.4. The Hall–Kier alpha value is -3.16. The number of alkyl halides is 3. The number of carbonyl (C=O) groups is 1. The molecule has 2 aromatic rings. The summed E-state index contributed by atoms with van der Waals surface area (Å²) in [7, 11) is 1.54. The standard InChI is InChI=1S/C20H17F3N2O3/c1-27-14-7-6-12-8-13(10-28-17(12)9-14)18-24-16-5-3-2-4-15(16)19(26)25(18)11-20(21,22)23/h2-9,18,24H,10-11H2,1H3/t18-/m0/s1. The second-order valence-electron chi connectivity index (χ2n) is 6.55. The van der Waals surface area contributed by atoms with Crippen LogP contribution < -0.4 is 14.8 Å². The van der Waals surface area contributed by atoms with E-state index in [1.54, 1.807) is 42.5 Å². The third-order valence-corrected chi connectivity index (χ3v) is 4.68. The molecule has 0 aromatic heterocycles. The van der Waals surface area contributed by atoms with Gasteiger partial charge in [0.1, 0.15) is 30.8 Å². The fraction of sp³-hybridized carbons (Fsp3) is 0.250. The minimum Gasteiger partial charge on any atom is -0.497 e. The van der Waals surface area contributed by atoms with Crippen LogP contribution in [0.25, 0.3) is 6.08 Å². The third-order valence-electron chi connectivity index (χ3n) is 4.68. The van der Waals surface area contributed by atoms with E-state index < -0.39 is 24.8 Å². The first-order valence-corrected chi connectivity index (χ1v) is 8.60. The van der Waals surface area contributed by atoms with Crippen molar-refractivity contribution < 1.29 is 27.4 Å². The number of carbonyl (C=O) groups excluding carboxylic acids is 1. The van der Waals surface area contributed by atoms with E-state index in [-0.39, 0.29) is 12.2 Å². The molecular weight excluding hydrogens is 373 g/mol. The van der Waals surface area contributed by atoms with E-state index in [4.69, 9.17) is 9.47 Å². The Morgan fingerprint density at radius 2 is 2.04 bits per heavy atom. The maximum atomic E-state index is 13.2. The van der Waals surface area contributed by atoms with E-state index in [0.29, 0.717) is 28.3 Å². The molecule has 1 N–H and O–H groups in total. The van der Waals surface area contributed by atoms with Gasteiger partial charge in [0, 0.05) is 22.9 Å². The van der Waals surface area contributed by atoms with E-state index in [0.717, 1.165) is 4.90 Å². The monoisotopic (exact) mass is 390 g/mol. The number of para-hydroxylation sites is 1. The van der Waals surface area contributed by atoms with E-state index in [9.17, 15) is 18.0 Å². The first-order chi connectivity index (χ1) is 13.4. The quantitative estimate of drug-likeness (QED) is 0.863. The van der Waals surface area contributed by atoms with Crippen LogP contribution in [0.5, 0.6) is 11.5 Å². The van der Waals surface area contributed by atoms with Crippen LogP contribution in [0.4, 0.5) is 18.9 Å². The third kappa shape index (κ3) is 3.37. The van der Waals surface area contributed by atoms with Crippen molar-refractivity contribution in [2.24, 2.45) is 0 Å². The number of hydrogen-bond acceptors (Lipinski definition) is 4. The maximum Gasteiger partial charge on any atom is 0.406 e. The van der Waals surface area contributed by atoms with E-state index in [1.807, 2.05) is 0 Å². The van der Waals surface area contributed by atoms with Gasteiger partial charge in [-0.3, -0.25) is 4.79 Å². The molecule has 2 aliphatic rings. The second kappa shape index (κ2) is 6.78. The van der Waals surface area contributed by atoms with Crippen molar-refractivity contribution in [3.63, 3.8) is 0 Å². The van der Waals surface area contributed by atoms with Gasteiger partial charge in [0.2, 0.25) is 0 Å². The molecule has 0 bridgehead atoms. The topological polar surface area (TPSA) is 50.8 Å². The van der Waals surface area contributed by atoms with E-state index in [2.05, 4.69) is 5.32 Å². The number of rotatable bonds is 3. The van der Waals surface area contributed by atoms with Gasteiger partial charge in [0.05, 0.1) is 12.7 Å². The fourth-order valence-corrected chi connectivity index (χ4v) is 3.39. The molecule has 2 aliphatic heterocycles. The van der Waals surface area contributed by atoms with Crippen LogP contribution in [0.15, 0.2) is 48.0 Å². The Kier molecular flexibility index (Phi) is 4.41. The fourth-order valence-electron chi connectivity index (χ4n) is 3.39. The number of benzene rings is 2. The summed E-state index contributed by atoms with van der Waals surface area (Å²) < 4.78 is 50.4. The van der Waals surface area contributed by atoms with Crippen LogP contribution >= 0.6 is 0 Å². The summed E-state index contributed by atoms with van der Waals surface area (Å²) in [4.78, 5) is 13.6. The van der Waals surface area contributed by atoms with Gasteiger partial charge < -0.3 is 19.7 Å². The Labute approximate surface area is 159 Å². The maximum absolute atomic E-state index is 13.2. The molecule has 0 fully saturated rings. The average Bonchev–Trinajstić information content (AvgIpc) is 2.68. The average molecular weight is 390 g/mol. The van der Waals surface area contributed by atoms with Gasteiger partial charge >= 0.3 is 6.18 Å². The number of halogens is 3. The molecule has 0 saturated heterocycles. The van der Waals surface area contributed by atoms with Gasteiger partial charge in [-0.25, -0.2) is 0 Å². The summed E-state index contributed by atoms with van der Waals surface area (Å²) in [5.74, 6) is 0.528. The number of anilines is 1. The Morgan fingerprint density at radius 1 is 1.25 bits per heavy atom. The minimum atomic E-state index is -4.52. The van der Waals surface area contributed by atoms with Gasteiger partial charge in [-0.1, -0.05) is 12.1 Å². The van der Waals surface area contributed by atoms with Gasteiger partial charge in [0.15, 0.2) is 0 Å². The lowest BCUT2D eigenvalue weighted by Gasteiger charge is -2.40. The molecular formula is C20H17F3N2O3. The Morgan fingerprint density at radius 3 is 2.79 bits per heavy atom. The summed E-state index contributed by atoms with van der Waals surface area (Å²) in [5, 5.41) is 3.06.